The fourth-order valence-electron chi connectivity index (χ4n) is 2.74. The molecular formula is C22H27N5O. The molecule has 146 valence electrons. The van der Waals surface area contributed by atoms with Crippen molar-refractivity contribution >= 4 is 29.1 Å². The third-order valence-corrected chi connectivity index (χ3v) is 4.74. The summed E-state index contributed by atoms with van der Waals surface area (Å²) in [5.41, 5.74) is 5.26. The molecule has 6 nitrogen and oxygen atoms in total. The van der Waals surface area contributed by atoms with Crippen LogP contribution in [-0.2, 0) is 0 Å². The minimum Gasteiger partial charge on any atom is -0.376 e. The summed E-state index contributed by atoms with van der Waals surface area (Å²) >= 11 is 0. The molecule has 1 heterocycles. The number of carbonyl (C=O) groups is 1. The summed E-state index contributed by atoms with van der Waals surface area (Å²) in [6, 6.07) is 8.04. The van der Waals surface area contributed by atoms with Crippen LogP contribution in [-0.4, -0.2) is 44.3 Å². The van der Waals surface area contributed by atoms with E-state index in [-0.39, 0.29) is 5.91 Å². The van der Waals surface area contributed by atoms with Gasteiger partial charge in [0.05, 0.1) is 30.0 Å². The van der Waals surface area contributed by atoms with Crippen molar-refractivity contribution in [3.8, 4) is 0 Å². The topological polar surface area (TPSA) is 60.8 Å². The summed E-state index contributed by atoms with van der Waals surface area (Å²) in [4.78, 5) is 18.6. The normalized spacial score (nSPS) is 13.4. The molecule has 1 aromatic carbocycles. The van der Waals surface area contributed by atoms with Gasteiger partial charge >= 0.3 is 0 Å². The molecule has 1 amide bonds. The number of amides is 1. The van der Waals surface area contributed by atoms with Gasteiger partial charge in [-0.15, -0.1) is 0 Å². The van der Waals surface area contributed by atoms with Gasteiger partial charge in [-0.1, -0.05) is 12.6 Å². The number of hydrazone groups is 1. The van der Waals surface area contributed by atoms with Gasteiger partial charge in [0, 0.05) is 32.7 Å². The first-order chi connectivity index (χ1) is 13.3. The summed E-state index contributed by atoms with van der Waals surface area (Å²) in [7, 11) is 5.81. The first-order valence-electron chi connectivity index (χ1n) is 9.36. The molecule has 0 bridgehead atoms. The van der Waals surface area contributed by atoms with Gasteiger partial charge in [-0.05, 0) is 54.7 Å². The maximum absolute atomic E-state index is 12.3. The van der Waals surface area contributed by atoms with E-state index >= 15 is 0 Å². The van der Waals surface area contributed by atoms with Gasteiger partial charge < -0.3 is 10.2 Å². The first kappa shape index (κ1) is 19.6. The summed E-state index contributed by atoms with van der Waals surface area (Å²) < 4.78 is 0. The molecular weight excluding hydrogens is 350 g/mol. The van der Waals surface area contributed by atoms with E-state index in [0.717, 1.165) is 40.9 Å². The zero-order valence-electron chi connectivity index (χ0n) is 16.9. The predicted molar refractivity (Wildman–Crippen MR) is 116 cm³/mol. The van der Waals surface area contributed by atoms with E-state index in [1.165, 1.54) is 0 Å². The van der Waals surface area contributed by atoms with Crippen LogP contribution in [0.1, 0.15) is 34.3 Å². The monoisotopic (exact) mass is 377 g/mol. The molecule has 0 unspecified atom stereocenters. The highest BCUT2D eigenvalue weighted by Crippen LogP contribution is 2.22. The third kappa shape index (κ3) is 4.76. The number of rotatable bonds is 7. The summed E-state index contributed by atoms with van der Waals surface area (Å²) in [5, 5.41) is 9.27. The van der Waals surface area contributed by atoms with Crippen molar-refractivity contribution < 1.29 is 4.79 Å². The second-order valence-electron chi connectivity index (χ2n) is 7.37. The van der Waals surface area contributed by atoms with Gasteiger partial charge in [-0.2, -0.15) is 5.10 Å². The molecule has 3 rings (SSSR count). The Morgan fingerprint density at radius 3 is 2.61 bits per heavy atom. The van der Waals surface area contributed by atoms with Crippen LogP contribution >= 0.6 is 0 Å². The Labute approximate surface area is 166 Å². The van der Waals surface area contributed by atoms with Crippen LogP contribution < -0.4 is 15.2 Å². The molecule has 0 spiro atoms. The lowest BCUT2D eigenvalue weighted by Gasteiger charge is -2.17. The van der Waals surface area contributed by atoms with Crippen molar-refractivity contribution in [2.24, 2.45) is 5.10 Å². The first-order valence-corrected chi connectivity index (χ1v) is 9.36. The van der Waals surface area contributed by atoms with E-state index in [1.54, 1.807) is 17.4 Å². The molecule has 1 aromatic heterocycles. The number of benzene rings is 1. The van der Waals surface area contributed by atoms with Crippen LogP contribution in [0.15, 0.2) is 48.3 Å². The molecule has 1 saturated carbocycles. The van der Waals surface area contributed by atoms with Crippen LogP contribution in [0.5, 0.6) is 0 Å². The van der Waals surface area contributed by atoms with E-state index in [0.29, 0.717) is 11.6 Å². The van der Waals surface area contributed by atoms with E-state index in [9.17, 15) is 4.79 Å². The summed E-state index contributed by atoms with van der Waals surface area (Å²) in [6.45, 7) is 6.14. The minimum atomic E-state index is -0.0304. The lowest BCUT2D eigenvalue weighted by molar-refractivity contribution is 0.0951. The van der Waals surface area contributed by atoms with Crippen molar-refractivity contribution in [1.29, 1.82) is 0 Å². The highest BCUT2D eigenvalue weighted by molar-refractivity contribution is 6.10. The third-order valence-electron chi connectivity index (χ3n) is 4.74. The van der Waals surface area contributed by atoms with Crippen LogP contribution in [0.4, 0.5) is 11.4 Å². The number of aryl methyl sites for hydroxylation is 1. The van der Waals surface area contributed by atoms with Gasteiger partial charge in [-0.3, -0.25) is 14.8 Å². The van der Waals surface area contributed by atoms with Gasteiger partial charge in [0.1, 0.15) is 0 Å². The van der Waals surface area contributed by atoms with Gasteiger partial charge in [0.25, 0.3) is 5.91 Å². The Bertz CT molecular complexity index is 915. The quantitative estimate of drug-likeness (QED) is 0.593. The van der Waals surface area contributed by atoms with Crippen molar-refractivity contribution in [3.63, 3.8) is 0 Å². The molecule has 1 aliphatic rings. The number of anilines is 2. The Hall–Kier alpha value is -3.15. The predicted octanol–water partition coefficient (Wildman–Crippen LogP) is 3.48. The van der Waals surface area contributed by atoms with Crippen molar-refractivity contribution in [3.05, 3.63) is 59.9 Å². The van der Waals surface area contributed by atoms with Crippen molar-refractivity contribution in [2.75, 3.05) is 31.1 Å². The van der Waals surface area contributed by atoms with E-state index in [4.69, 9.17) is 0 Å². The number of hydrogen-bond donors (Lipinski definition) is 1. The molecule has 0 radical (unpaired) electrons. The summed E-state index contributed by atoms with van der Waals surface area (Å²) in [5.74, 6) is -0.0304. The molecule has 1 fully saturated rings. The number of aromatic nitrogens is 1. The van der Waals surface area contributed by atoms with Crippen LogP contribution in [0.25, 0.3) is 5.57 Å². The number of pyridine rings is 1. The maximum atomic E-state index is 12.3. The Balaban J connectivity index is 1.74. The van der Waals surface area contributed by atoms with Gasteiger partial charge in [0.2, 0.25) is 0 Å². The lowest BCUT2D eigenvalue weighted by Crippen LogP contribution is -2.25. The average molecular weight is 377 g/mol. The highest BCUT2D eigenvalue weighted by atomic mass is 16.1. The SMILES string of the molecule is C=C(/C=N\N(C)c1cncc(N(C)C)c1)c1cc(C(=O)NC2CC2)ccc1C. The number of carbonyl (C=O) groups excluding carboxylic acids is 1. The number of hydrogen-bond acceptors (Lipinski definition) is 5. The molecule has 1 N–H and O–H groups in total. The Morgan fingerprint density at radius 1 is 1.21 bits per heavy atom. The average Bonchev–Trinajstić information content (AvgIpc) is 3.50. The van der Waals surface area contributed by atoms with Crippen LogP contribution in [0.2, 0.25) is 0 Å². The largest absolute Gasteiger partial charge is 0.376 e. The fraction of sp³-hybridized carbons (Fsp3) is 0.318. The highest BCUT2D eigenvalue weighted by Gasteiger charge is 2.24. The van der Waals surface area contributed by atoms with Crippen molar-refractivity contribution in [2.45, 2.75) is 25.8 Å². The minimum absolute atomic E-state index is 0.0304. The second-order valence-corrected chi connectivity index (χ2v) is 7.37. The number of allylic oxidation sites excluding steroid dienone is 1. The molecule has 0 atom stereocenters. The number of nitrogens with zero attached hydrogens (tertiary/aromatic N) is 4. The zero-order chi connectivity index (χ0) is 20.3. The van der Waals surface area contributed by atoms with Gasteiger partial charge in [0.15, 0.2) is 0 Å². The standard InChI is InChI=1S/C22H27N5O/c1-15-6-7-17(22(28)25-18-8-9-18)10-21(15)16(2)12-24-27(5)20-11-19(26(3)4)13-23-14-20/h6-7,10-14,18H,2,8-9H2,1,3-5H3,(H,25,28)/b24-12-. The lowest BCUT2D eigenvalue weighted by atomic mass is 9.99. The molecule has 1 aliphatic carbocycles. The Morgan fingerprint density at radius 2 is 1.93 bits per heavy atom. The smallest absolute Gasteiger partial charge is 0.251 e. The van der Waals surface area contributed by atoms with Crippen LogP contribution in [0.3, 0.4) is 0 Å². The second kappa shape index (κ2) is 8.25. The van der Waals surface area contributed by atoms with Crippen molar-refractivity contribution in [1.82, 2.24) is 10.3 Å². The number of nitrogens with one attached hydrogen (secondary N) is 1. The Kier molecular flexibility index (Phi) is 5.78. The van der Waals surface area contributed by atoms with Crippen LogP contribution in [0, 0.1) is 6.92 Å². The molecule has 0 saturated heterocycles. The van der Waals surface area contributed by atoms with Gasteiger partial charge in [-0.25, -0.2) is 0 Å². The van der Waals surface area contributed by atoms with E-state index in [2.05, 4.69) is 22.0 Å². The molecule has 28 heavy (non-hydrogen) atoms. The van der Waals surface area contributed by atoms with E-state index < -0.39 is 0 Å². The zero-order valence-corrected chi connectivity index (χ0v) is 16.9. The van der Waals surface area contributed by atoms with E-state index in [1.807, 2.05) is 63.4 Å². The molecule has 2 aromatic rings. The maximum Gasteiger partial charge on any atom is 0.251 e. The fourth-order valence-corrected chi connectivity index (χ4v) is 2.74. The molecule has 6 heteroatoms. The molecule has 0 aliphatic heterocycles. The summed E-state index contributed by atoms with van der Waals surface area (Å²) in [6.07, 6.45) is 7.43.